The molecule has 0 aliphatic carbocycles. The Hall–Kier alpha value is -0.970. The van der Waals surface area contributed by atoms with Crippen LogP contribution in [0.15, 0.2) is 9.59 Å². The molecule has 1 aromatic rings. The smallest absolute Gasteiger partial charge is 0.300 e. The summed E-state index contributed by atoms with van der Waals surface area (Å²) in [6.45, 7) is 0. The fraction of sp³-hybridized carbons (Fsp3) is 0.429. The van der Waals surface area contributed by atoms with Gasteiger partial charge in [0, 0.05) is 29.8 Å². The average molecular weight is 184 g/mol. The quantitative estimate of drug-likeness (QED) is 0.608. The van der Waals surface area contributed by atoms with E-state index >= 15 is 0 Å². The van der Waals surface area contributed by atoms with Crippen molar-refractivity contribution in [3.8, 4) is 0 Å². The SMILES string of the molecule is Cn1c2c(c(=O)[nH]c1=O)CSC2. The van der Waals surface area contributed by atoms with Crippen LogP contribution in [0.3, 0.4) is 0 Å². The molecule has 1 aliphatic rings. The van der Waals surface area contributed by atoms with Gasteiger partial charge in [-0.3, -0.25) is 14.3 Å². The first-order valence-corrected chi connectivity index (χ1v) is 4.74. The topological polar surface area (TPSA) is 54.9 Å². The number of aromatic amines is 1. The molecule has 1 aliphatic heterocycles. The summed E-state index contributed by atoms with van der Waals surface area (Å²) in [5, 5.41) is 0. The van der Waals surface area contributed by atoms with Gasteiger partial charge in [-0.15, -0.1) is 0 Å². The van der Waals surface area contributed by atoms with Gasteiger partial charge in [0.1, 0.15) is 0 Å². The Morgan fingerprint density at radius 1 is 1.42 bits per heavy atom. The monoisotopic (exact) mass is 184 g/mol. The molecule has 0 atom stereocenters. The van der Waals surface area contributed by atoms with Gasteiger partial charge in [0.05, 0.1) is 0 Å². The molecule has 2 heterocycles. The largest absolute Gasteiger partial charge is 0.328 e. The Labute approximate surface area is 72.6 Å². The van der Waals surface area contributed by atoms with Crippen LogP contribution >= 0.6 is 11.8 Å². The van der Waals surface area contributed by atoms with E-state index in [0.717, 1.165) is 22.8 Å². The first-order valence-electron chi connectivity index (χ1n) is 3.59. The molecule has 12 heavy (non-hydrogen) atoms. The highest BCUT2D eigenvalue weighted by atomic mass is 32.2. The number of rotatable bonds is 0. The van der Waals surface area contributed by atoms with Crippen molar-refractivity contribution in [1.29, 1.82) is 0 Å². The molecule has 0 bridgehead atoms. The maximum Gasteiger partial charge on any atom is 0.328 e. The van der Waals surface area contributed by atoms with Gasteiger partial charge in [-0.05, 0) is 0 Å². The van der Waals surface area contributed by atoms with E-state index < -0.39 is 0 Å². The van der Waals surface area contributed by atoms with Crippen molar-refractivity contribution >= 4 is 11.8 Å². The molecule has 0 unspecified atom stereocenters. The summed E-state index contributed by atoms with van der Waals surface area (Å²) >= 11 is 1.66. The molecule has 0 spiro atoms. The minimum Gasteiger partial charge on any atom is -0.300 e. The maximum atomic E-state index is 11.2. The fourth-order valence-electron chi connectivity index (χ4n) is 1.30. The second kappa shape index (κ2) is 2.52. The standard InChI is InChI=1S/C7H8N2O2S/c1-9-5-3-12-2-4(5)6(10)8-7(9)11/h2-3H2,1H3,(H,8,10,11). The highest BCUT2D eigenvalue weighted by Gasteiger charge is 2.17. The molecule has 5 heteroatoms. The second-order valence-electron chi connectivity index (χ2n) is 2.74. The molecule has 1 aromatic heterocycles. The van der Waals surface area contributed by atoms with Gasteiger partial charge >= 0.3 is 5.69 Å². The van der Waals surface area contributed by atoms with Crippen LogP contribution in [0.4, 0.5) is 0 Å². The minimum absolute atomic E-state index is 0.224. The molecule has 64 valence electrons. The lowest BCUT2D eigenvalue weighted by Crippen LogP contribution is -2.31. The number of fused-ring (bicyclic) bond motifs is 1. The van der Waals surface area contributed by atoms with Gasteiger partial charge in [-0.25, -0.2) is 4.79 Å². The van der Waals surface area contributed by atoms with Crippen molar-refractivity contribution in [1.82, 2.24) is 9.55 Å². The first-order chi connectivity index (χ1) is 5.70. The van der Waals surface area contributed by atoms with E-state index in [1.165, 1.54) is 4.57 Å². The minimum atomic E-state index is -0.318. The van der Waals surface area contributed by atoms with Gasteiger partial charge in [0.2, 0.25) is 0 Å². The van der Waals surface area contributed by atoms with Gasteiger partial charge < -0.3 is 0 Å². The number of H-pyrrole nitrogens is 1. The van der Waals surface area contributed by atoms with Gasteiger partial charge in [0.15, 0.2) is 0 Å². The zero-order valence-electron chi connectivity index (χ0n) is 6.59. The third-order valence-corrected chi connectivity index (χ3v) is 3.01. The first kappa shape index (κ1) is 7.67. The molecular weight excluding hydrogens is 176 g/mol. The van der Waals surface area contributed by atoms with E-state index in [2.05, 4.69) is 4.98 Å². The normalized spacial score (nSPS) is 14.8. The Kier molecular flexibility index (Phi) is 1.61. The molecule has 0 amide bonds. The van der Waals surface area contributed by atoms with E-state index in [1.54, 1.807) is 18.8 Å². The van der Waals surface area contributed by atoms with E-state index in [-0.39, 0.29) is 11.2 Å². The third kappa shape index (κ3) is 0.929. The number of hydrogen-bond acceptors (Lipinski definition) is 3. The second-order valence-corrected chi connectivity index (χ2v) is 3.72. The van der Waals surface area contributed by atoms with Crippen molar-refractivity contribution < 1.29 is 0 Å². The van der Waals surface area contributed by atoms with Crippen LogP contribution in [0.5, 0.6) is 0 Å². The van der Waals surface area contributed by atoms with Crippen LogP contribution in [0.2, 0.25) is 0 Å². The molecule has 1 N–H and O–H groups in total. The molecule has 2 rings (SSSR count). The number of aromatic nitrogens is 2. The van der Waals surface area contributed by atoms with Gasteiger partial charge in [-0.2, -0.15) is 11.8 Å². The van der Waals surface area contributed by atoms with Crippen LogP contribution in [0, 0.1) is 0 Å². The summed E-state index contributed by atoms with van der Waals surface area (Å²) in [4.78, 5) is 24.6. The maximum absolute atomic E-state index is 11.2. The highest BCUT2D eigenvalue weighted by molar-refractivity contribution is 7.98. The summed E-state index contributed by atoms with van der Waals surface area (Å²) in [5.41, 5.74) is 1.08. The summed E-state index contributed by atoms with van der Waals surface area (Å²) < 4.78 is 1.51. The Bertz CT molecular complexity index is 432. The van der Waals surface area contributed by atoms with Gasteiger partial charge in [-0.1, -0.05) is 0 Å². The molecule has 0 fully saturated rings. The summed E-state index contributed by atoms with van der Waals surface area (Å²) in [6, 6.07) is 0. The van der Waals surface area contributed by atoms with Crippen molar-refractivity contribution in [2.75, 3.05) is 0 Å². The Morgan fingerprint density at radius 3 is 2.92 bits per heavy atom. The van der Waals surface area contributed by atoms with Crippen LogP contribution in [-0.4, -0.2) is 9.55 Å². The van der Waals surface area contributed by atoms with E-state index in [0.29, 0.717) is 0 Å². The van der Waals surface area contributed by atoms with Crippen molar-refractivity contribution in [3.63, 3.8) is 0 Å². The van der Waals surface area contributed by atoms with Crippen LogP contribution in [0.1, 0.15) is 11.3 Å². The third-order valence-electron chi connectivity index (χ3n) is 2.04. The fourth-order valence-corrected chi connectivity index (χ4v) is 2.46. The molecule has 0 saturated carbocycles. The lowest BCUT2D eigenvalue weighted by molar-refractivity contribution is 0.753. The Morgan fingerprint density at radius 2 is 2.17 bits per heavy atom. The average Bonchev–Trinajstić information content (AvgIpc) is 2.48. The lowest BCUT2D eigenvalue weighted by Gasteiger charge is -2.02. The molecule has 0 saturated heterocycles. The number of nitrogens with zero attached hydrogens (tertiary/aromatic N) is 1. The van der Waals surface area contributed by atoms with Crippen LogP contribution in [0.25, 0.3) is 0 Å². The highest BCUT2D eigenvalue weighted by Crippen LogP contribution is 2.24. The van der Waals surface area contributed by atoms with Crippen LogP contribution in [-0.2, 0) is 18.6 Å². The van der Waals surface area contributed by atoms with Crippen molar-refractivity contribution in [2.24, 2.45) is 7.05 Å². The van der Waals surface area contributed by atoms with E-state index in [4.69, 9.17) is 0 Å². The number of hydrogen-bond donors (Lipinski definition) is 1. The predicted molar refractivity (Wildman–Crippen MR) is 47.3 cm³/mol. The van der Waals surface area contributed by atoms with E-state index in [1.807, 2.05) is 0 Å². The molecule has 0 aromatic carbocycles. The summed E-state index contributed by atoms with van der Waals surface area (Å²) in [6.07, 6.45) is 0. The van der Waals surface area contributed by atoms with Crippen molar-refractivity contribution in [2.45, 2.75) is 11.5 Å². The zero-order valence-corrected chi connectivity index (χ0v) is 7.40. The number of nitrogens with one attached hydrogen (secondary N) is 1. The molecular formula is C7H8N2O2S. The Balaban J connectivity index is 2.87. The van der Waals surface area contributed by atoms with Crippen molar-refractivity contribution in [3.05, 3.63) is 32.1 Å². The molecule has 4 nitrogen and oxygen atoms in total. The summed E-state index contributed by atoms with van der Waals surface area (Å²) in [5.74, 6) is 1.49. The van der Waals surface area contributed by atoms with Crippen LogP contribution < -0.4 is 11.2 Å². The van der Waals surface area contributed by atoms with Gasteiger partial charge in [0.25, 0.3) is 5.56 Å². The zero-order chi connectivity index (χ0) is 8.72. The predicted octanol–water partition coefficient (Wildman–Crippen LogP) is -0.180. The lowest BCUT2D eigenvalue weighted by atomic mass is 10.3. The number of thioether (sulfide) groups is 1. The summed E-state index contributed by atoms with van der Waals surface area (Å²) in [7, 11) is 1.68. The van der Waals surface area contributed by atoms with E-state index in [9.17, 15) is 9.59 Å². The molecule has 0 radical (unpaired) electrons.